The van der Waals surface area contributed by atoms with E-state index in [2.05, 4.69) is 7.05 Å². The minimum atomic E-state index is -3.54. The predicted molar refractivity (Wildman–Crippen MR) is 71.8 cm³/mol. The summed E-state index contributed by atoms with van der Waals surface area (Å²) in [5.74, 6) is 0. The number of likely N-dealkylation sites (N-methyl/N-ethyl adjacent to an activating group) is 1. The van der Waals surface area contributed by atoms with E-state index in [9.17, 15) is 8.42 Å². The lowest BCUT2D eigenvalue weighted by Crippen LogP contribution is -3.12. The summed E-state index contributed by atoms with van der Waals surface area (Å²) >= 11 is 11.8. The third kappa shape index (κ3) is 2.65. The molecule has 0 atom stereocenters. The number of sulfonamides is 1. The second kappa shape index (κ2) is 5.35. The van der Waals surface area contributed by atoms with Crippen molar-refractivity contribution in [2.45, 2.75) is 4.90 Å². The van der Waals surface area contributed by atoms with Crippen LogP contribution in [0.2, 0.25) is 10.0 Å². The molecule has 4 nitrogen and oxygen atoms in total. The fourth-order valence-corrected chi connectivity index (χ4v) is 4.11. The van der Waals surface area contributed by atoms with Crippen molar-refractivity contribution in [3.8, 4) is 0 Å². The van der Waals surface area contributed by atoms with E-state index in [1.807, 2.05) is 0 Å². The monoisotopic (exact) mass is 309 g/mol. The van der Waals surface area contributed by atoms with Gasteiger partial charge in [-0.05, 0) is 12.1 Å². The van der Waals surface area contributed by atoms with Gasteiger partial charge in [-0.25, -0.2) is 8.42 Å². The van der Waals surface area contributed by atoms with Gasteiger partial charge in [-0.3, -0.25) is 0 Å². The first-order chi connectivity index (χ1) is 8.43. The number of benzene rings is 1. The molecule has 0 aromatic heterocycles. The van der Waals surface area contributed by atoms with Gasteiger partial charge in [0.1, 0.15) is 4.90 Å². The summed E-state index contributed by atoms with van der Waals surface area (Å²) < 4.78 is 26.4. The molecule has 1 N–H and O–H groups in total. The number of rotatable bonds is 2. The lowest BCUT2D eigenvalue weighted by Gasteiger charge is -2.29. The second-order valence-corrected chi connectivity index (χ2v) is 7.10. The SMILES string of the molecule is C[NH+]1CCN(S(=O)(=O)c2cccc(Cl)c2Cl)CC1. The molecule has 0 radical (unpaired) electrons. The normalized spacial score (nSPS) is 19.1. The van der Waals surface area contributed by atoms with Crippen molar-refractivity contribution in [2.24, 2.45) is 0 Å². The summed E-state index contributed by atoms with van der Waals surface area (Å²) in [5.41, 5.74) is 0. The molecule has 18 heavy (non-hydrogen) atoms. The van der Waals surface area contributed by atoms with Gasteiger partial charge >= 0.3 is 0 Å². The standard InChI is InChI=1S/C11H14Cl2N2O2S/c1-14-5-7-15(8-6-14)18(16,17)10-4-2-3-9(12)11(10)13/h2-4H,5-8H2,1H3/p+1. The van der Waals surface area contributed by atoms with Crippen LogP contribution >= 0.6 is 23.2 Å². The summed E-state index contributed by atoms with van der Waals surface area (Å²) in [6.45, 7) is 2.63. The van der Waals surface area contributed by atoms with Crippen LogP contribution in [0.5, 0.6) is 0 Å². The number of hydrogen-bond acceptors (Lipinski definition) is 2. The van der Waals surface area contributed by atoms with Crippen LogP contribution in [0.4, 0.5) is 0 Å². The molecule has 0 bridgehead atoms. The molecule has 1 aromatic carbocycles. The average molecular weight is 310 g/mol. The zero-order valence-electron chi connectivity index (χ0n) is 9.99. The molecule has 1 saturated heterocycles. The van der Waals surface area contributed by atoms with Crippen molar-refractivity contribution in [3.05, 3.63) is 28.2 Å². The summed E-state index contributed by atoms with van der Waals surface area (Å²) in [5, 5.41) is 0.364. The van der Waals surface area contributed by atoms with E-state index in [0.717, 1.165) is 13.1 Å². The molecule has 100 valence electrons. The van der Waals surface area contributed by atoms with Crippen LogP contribution in [0.25, 0.3) is 0 Å². The average Bonchev–Trinajstić information content (AvgIpc) is 2.33. The molecule has 0 amide bonds. The van der Waals surface area contributed by atoms with Crippen LogP contribution in [0, 0.1) is 0 Å². The maximum Gasteiger partial charge on any atom is 0.245 e. The van der Waals surface area contributed by atoms with Crippen LogP contribution in [0.1, 0.15) is 0 Å². The molecule has 1 aromatic rings. The van der Waals surface area contributed by atoms with Gasteiger partial charge in [0.15, 0.2) is 0 Å². The summed E-state index contributed by atoms with van der Waals surface area (Å²) in [6, 6.07) is 4.67. The van der Waals surface area contributed by atoms with Gasteiger partial charge in [-0.15, -0.1) is 0 Å². The Kier molecular flexibility index (Phi) is 4.18. The molecule has 1 aliphatic rings. The molecule has 2 rings (SSSR count). The van der Waals surface area contributed by atoms with Gasteiger partial charge in [-0.2, -0.15) is 4.31 Å². The van der Waals surface area contributed by atoms with E-state index in [-0.39, 0.29) is 14.9 Å². The van der Waals surface area contributed by atoms with Crippen LogP contribution < -0.4 is 4.90 Å². The zero-order valence-corrected chi connectivity index (χ0v) is 12.3. The zero-order chi connectivity index (χ0) is 13.3. The molecule has 1 fully saturated rings. The van der Waals surface area contributed by atoms with Crippen LogP contribution in [0.3, 0.4) is 0 Å². The summed E-state index contributed by atoms with van der Waals surface area (Å²) in [7, 11) is -1.48. The lowest BCUT2D eigenvalue weighted by atomic mass is 10.4. The molecule has 1 heterocycles. The van der Waals surface area contributed by atoms with E-state index in [1.54, 1.807) is 12.1 Å². The van der Waals surface area contributed by atoms with Crippen LogP contribution in [0.15, 0.2) is 23.1 Å². The molecule has 0 saturated carbocycles. The Hall–Kier alpha value is -0.330. The molecule has 7 heteroatoms. The molecule has 1 aliphatic heterocycles. The largest absolute Gasteiger partial charge is 0.335 e. The van der Waals surface area contributed by atoms with E-state index in [0.29, 0.717) is 13.1 Å². The molecular formula is C11H15Cl2N2O2S+. The quantitative estimate of drug-likeness (QED) is 0.865. The molecule has 0 spiro atoms. The Morgan fingerprint density at radius 3 is 2.44 bits per heavy atom. The van der Waals surface area contributed by atoms with Crippen molar-refractivity contribution in [1.29, 1.82) is 0 Å². The van der Waals surface area contributed by atoms with E-state index < -0.39 is 10.0 Å². The molecule has 0 unspecified atom stereocenters. The Balaban J connectivity index is 2.34. The van der Waals surface area contributed by atoms with Crippen molar-refractivity contribution in [1.82, 2.24) is 4.31 Å². The first kappa shape index (κ1) is 14.1. The maximum atomic E-state index is 12.4. The second-order valence-electron chi connectivity index (χ2n) is 4.41. The van der Waals surface area contributed by atoms with E-state index in [1.165, 1.54) is 15.3 Å². The number of nitrogens with one attached hydrogen (secondary N) is 1. The fourth-order valence-electron chi connectivity index (χ4n) is 1.93. The summed E-state index contributed by atoms with van der Waals surface area (Å²) in [6.07, 6.45) is 0. The highest BCUT2D eigenvalue weighted by Crippen LogP contribution is 2.30. The van der Waals surface area contributed by atoms with Gasteiger partial charge in [-0.1, -0.05) is 29.3 Å². The van der Waals surface area contributed by atoms with Crippen LogP contribution in [-0.4, -0.2) is 45.9 Å². The van der Waals surface area contributed by atoms with Crippen molar-refractivity contribution < 1.29 is 13.3 Å². The van der Waals surface area contributed by atoms with Crippen molar-refractivity contribution in [3.63, 3.8) is 0 Å². The number of quaternary nitrogens is 1. The first-order valence-electron chi connectivity index (χ1n) is 5.68. The highest BCUT2D eigenvalue weighted by molar-refractivity contribution is 7.89. The highest BCUT2D eigenvalue weighted by Gasteiger charge is 2.31. The third-order valence-corrected chi connectivity index (χ3v) is 5.98. The van der Waals surface area contributed by atoms with Crippen LogP contribution in [-0.2, 0) is 10.0 Å². The van der Waals surface area contributed by atoms with E-state index in [4.69, 9.17) is 23.2 Å². The topological polar surface area (TPSA) is 41.8 Å². The molecule has 0 aliphatic carbocycles. The Labute approximate surface area is 117 Å². The minimum absolute atomic E-state index is 0.0937. The Bertz CT molecular complexity index is 540. The minimum Gasteiger partial charge on any atom is -0.335 e. The predicted octanol–water partition coefficient (Wildman–Crippen LogP) is 0.512. The fraction of sp³-hybridized carbons (Fsp3) is 0.455. The van der Waals surface area contributed by atoms with Gasteiger partial charge in [0.2, 0.25) is 10.0 Å². The van der Waals surface area contributed by atoms with Gasteiger partial charge < -0.3 is 4.90 Å². The Morgan fingerprint density at radius 2 is 1.83 bits per heavy atom. The number of nitrogens with zero attached hydrogens (tertiary/aromatic N) is 1. The lowest BCUT2D eigenvalue weighted by molar-refractivity contribution is -0.883. The molecular weight excluding hydrogens is 295 g/mol. The number of piperazine rings is 1. The smallest absolute Gasteiger partial charge is 0.245 e. The van der Waals surface area contributed by atoms with Gasteiger partial charge in [0.05, 0.1) is 43.3 Å². The van der Waals surface area contributed by atoms with Crippen molar-refractivity contribution in [2.75, 3.05) is 33.2 Å². The van der Waals surface area contributed by atoms with Gasteiger partial charge in [0, 0.05) is 0 Å². The summed E-state index contributed by atoms with van der Waals surface area (Å²) in [4.78, 5) is 1.43. The van der Waals surface area contributed by atoms with Crippen molar-refractivity contribution >= 4 is 33.2 Å². The maximum absolute atomic E-state index is 12.4. The number of hydrogen-bond donors (Lipinski definition) is 1. The number of halogens is 2. The highest BCUT2D eigenvalue weighted by atomic mass is 35.5. The Morgan fingerprint density at radius 1 is 1.22 bits per heavy atom. The first-order valence-corrected chi connectivity index (χ1v) is 7.88. The van der Waals surface area contributed by atoms with Gasteiger partial charge in [0.25, 0.3) is 0 Å². The van der Waals surface area contributed by atoms with E-state index >= 15 is 0 Å². The third-order valence-electron chi connectivity index (χ3n) is 3.11.